The largest absolute Gasteiger partial charge is 0.371 e. The first kappa shape index (κ1) is 47.7. The molecule has 7 fully saturated rings. The Balaban J connectivity index is 0.715. The number of imide groups is 1. The van der Waals surface area contributed by atoms with Gasteiger partial charge in [-0.1, -0.05) is 30.7 Å². The van der Waals surface area contributed by atoms with Gasteiger partial charge in [-0.3, -0.25) is 29.3 Å². The lowest BCUT2D eigenvalue weighted by atomic mass is 9.72. The van der Waals surface area contributed by atoms with Crippen molar-refractivity contribution in [3.8, 4) is 17.3 Å². The van der Waals surface area contributed by atoms with Gasteiger partial charge in [-0.15, -0.1) is 0 Å². The number of amides is 5. The second-order valence-electron chi connectivity index (χ2n) is 22.9. The number of nitrogens with zero attached hydrogens (tertiary/aromatic N) is 9. The van der Waals surface area contributed by atoms with Gasteiger partial charge in [0.25, 0.3) is 0 Å². The first-order chi connectivity index (χ1) is 35.4. The van der Waals surface area contributed by atoms with E-state index < -0.39 is 10.8 Å². The molecule has 5 amide bonds. The van der Waals surface area contributed by atoms with Gasteiger partial charge in [-0.2, -0.15) is 5.26 Å². The summed E-state index contributed by atoms with van der Waals surface area (Å²) in [5.41, 5.74) is 5.65. The van der Waals surface area contributed by atoms with Gasteiger partial charge in [0.2, 0.25) is 29.5 Å². The maximum atomic E-state index is 15.3. The van der Waals surface area contributed by atoms with Gasteiger partial charge in [0, 0.05) is 92.7 Å². The molecule has 16 nitrogen and oxygen atoms in total. The number of hydrogen-bond acceptors (Lipinski definition) is 11. The van der Waals surface area contributed by atoms with Crippen LogP contribution < -0.4 is 20.4 Å². The second-order valence-corrected chi connectivity index (χ2v) is 22.9. The molecule has 6 aliphatic heterocycles. The first-order valence-electron chi connectivity index (χ1n) is 27.5. The Hall–Kier alpha value is -6.34. The van der Waals surface area contributed by atoms with Gasteiger partial charge in [0.1, 0.15) is 10.9 Å². The molecule has 1 atom stereocenters. The molecule has 2 N–H and O–H groups in total. The summed E-state index contributed by atoms with van der Waals surface area (Å²) in [4.78, 5) is 88.7. The number of imidazole rings is 1. The van der Waals surface area contributed by atoms with Crippen molar-refractivity contribution in [3.05, 3.63) is 66.0 Å². The lowest BCUT2D eigenvalue weighted by Crippen LogP contribution is -2.59. The SMILES string of the molecule is CC(C)n1cnc2cc(-c3ccc4c(c3)N(C3CC(N5CCCCC5)C3)C(=O)C43CCN(C(=O)C4(C#N)CCN(C(=O)C5CCN(c6ccc(C7CCC(=O)NC7=O)cc6)CC5)CC4)CC3)nc(NC3CC3)c21. The maximum absolute atomic E-state index is 15.3. The lowest BCUT2D eigenvalue weighted by molar-refractivity contribution is -0.148. The number of nitrogens with one attached hydrogen (secondary N) is 2. The van der Waals surface area contributed by atoms with Gasteiger partial charge in [0.05, 0.1) is 34.9 Å². The van der Waals surface area contributed by atoms with Gasteiger partial charge in [-0.25, -0.2) is 9.97 Å². The summed E-state index contributed by atoms with van der Waals surface area (Å²) in [6.07, 6.45) is 13.7. The topological polar surface area (TPSA) is 180 Å². The zero-order valence-corrected chi connectivity index (χ0v) is 42.5. The van der Waals surface area contributed by atoms with E-state index in [4.69, 9.17) is 9.97 Å². The lowest BCUT2D eigenvalue weighted by Gasteiger charge is -2.48. The number of rotatable bonds is 10. The smallest absolute Gasteiger partial charge is 0.243 e. The van der Waals surface area contributed by atoms with Crippen molar-refractivity contribution in [2.45, 2.75) is 146 Å². The van der Waals surface area contributed by atoms with Crippen LogP contribution >= 0.6 is 0 Å². The fraction of sp³-hybridized carbons (Fsp3) is 0.579. The Morgan fingerprint density at radius 1 is 0.808 bits per heavy atom. The van der Waals surface area contributed by atoms with Crippen LogP contribution in [0.4, 0.5) is 17.2 Å². The summed E-state index contributed by atoms with van der Waals surface area (Å²) >= 11 is 0. The predicted molar refractivity (Wildman–Crippen MR) is 278 cm³/mol. The minimum atomic E-state index is -1.22. The molecule has 0 radical (unpaired) electrons. The summed E-state index contributed by atoms with van der Waals surface area (Å²) in [5, 5.41) is 16.9. The highest BCUT2D eigenvalue weighted by Crippen LogP contribution is 2.53. The minimum Gasteiger partial charge on any atom is -0.371 e. The van der Waals surface area contributed by atoms with E-state index in [1.807, 2.05) is 40.4 Å². The van der Waals surface area contributed by atoms with Crippen molar-refractivity contribution >= 4 is 57.8 Å². The van der Waals surface area contributed by atoms with Crippen molar-refractivity contribution in [2.24, 2.45) is 11.3 Å². The molecule has 12 rings (SSSR count). The van der Waals surface area contributed by atoms with E-state index in [0.717, 1.165) is 102 Å². The van der Waals surface area contributed by atoms with Crippen LogP contribution in [0.25, 0.3) is 22.3 Å². The Bertz CT molecular complexity index is 2870. The third-order valence-electron chi connectivity index (χ3n) is 18.3. The number of anilines is 3. The average molecular weight is 988 g/mol. The zero-order chi connectivity index (χ0) is 50.2. The number of fused-ring (bicyclic) bond motifs is 3. The van der Waals surface area contributed by atoms with Crippen LogP contribution in [-0.2, 0) is 29.4 Å². The third-order valence-corrected chi connectivity index (χ3v) is 18.3. The van der Waals surface area contributed by atoms with Crippen LogP contribution in [0.2, 0.25) is 0 Å². The van der Waals surface area contributed by atoms with Crippen LogP contribution in [0.3, 0.4) is 0 Å². The molecular formula is C57H69N11O5. The quantitative estimate of drug-likeness (QED) is 0.156. The molecule has 2 aliphatic carbocycles. The molecule has 2 saturated carbocycles. The molecule has 1 spiro atoms. The molecule has 0 bridgehead atoms. The number of likely N-dealkylation sites (tertiary alicyclic amines) is 3. The summed E-state index contributed by atoms with van der Waals surface area (Å²) in [7, 11) is 0. The van der Waals surface area contributed by atoms with Crippen molar-refractivity contribution in [1.29, 1.82) is 5.26 Å². The summed E-state index contributed by atoms with van der Waals surface area (Å²) in [5.74, 6) is -0.00451. The Kier molecular flexibility index (Phi) is 12.3. The van der Waals surface area contributed by atoms with Crippen LogP contribution in [0.15, 0.2) is 54.9 Å². The van der Waals surface area contributed by atoms with Gasteiger partial charge >= 0.3 is 0 Å². The standard InChI is InChI=1S/C57H69N11O5/c1-36(2)67-35-59-47-33-46(61-51(50(47)67)60-40-9-10-40)39-8-14-45-48(30-39)68(43-31-42(32-43)63-22-4-3-5-23-63)55(73)57(45)20-28-66(29-21-57)54(72)56(34-58)18-26-65(27-19-56)53(71)38-16-24-64(25-17-38)41-11-6-37(7-12-41)44-13-15-49(69)62-52(44)70/h6-8,11-12,14,30,33,35-36,38,40,42-44H,3-5,9-10,13,15-29,31-32H2,1-2H3,(H,60,61)(H,62,69,70). The van der Waals surface area contributed by atoms with E-state index in [1.54, 1.807) is 0 Å². The van der Waals surface area contributed by atoms with E-state index in [9.17, 15) is 24.4 Å². The monoisotopic (exact) mass is 988 g/mol. The maximum Gasteiger partial charge on any atom is 0.243 e. The minimum absolute atomic E-state index is 0.0974. The molecule has 382 valence electrons. The number of pyridine rings is 1. The van der Waals surface area contributed by atoms with E-state index in [-0.39, 0.29) is 53.5 Å². The van der Waals surface area contributed by atoms with Crippen molar-refractivity contribution in [2.75, 3.05) is 67.5 Å². The van der Waals surface area contributed by atoms with E-state index in [2.05, 4.69) is 74.1 Å². The predicted octanol–water partition coefficient (Wildman–Crippen LogP) is 7.05. The normalized spacial score (nSPS) is 25.5. The first-order valence-corrected chi connectivity index (χ1v) is 27.5. The fourth-order valence-electron chi connectivity index (χ4n) is 13.5. The Morgan fingerprint density at radius 2 is 1.52 bits per heavy atom. The summed E-state index contributed by atoms with van der Waals surface area (Å²) < 4.78 is 2.18. The highest BCUT2D eigenvalue weighted by atomic mass is 16.2. The van der Waals surface area contributed by atoms with Crippen LogP contribution in [0.1, 0.15) is 133 Å². The van der Waals surface area contributed by atoms with Gasteiger partial charge in [-0.05, 0) is 146 Å². The van der Waals surface area contributed by atoms with Crippen LogP contribution in [-0.4, -0.2) is 129 Å². The molecule has 2 aromatic carbocycles. The molecule has 8 heterocycles. The van der Waals surface area contributed by atoms with E-state index in [1.165, 1.54) is 19.3 Å². The molecule has 2 aromatic heterocycles. The number of carbonyl (C=O) groups excluding carboxylic acids is 5. The van der Waals surface area contributed by atoms with Crippen molar-refractivity contribution in [3.63, 3.8) is 0 Å². The zero-order valence-electron chi connectivity index (χ0n) is 42.5. The molecular weight excluding hydrogens is 919 g/mol. The van der Waals surface area contributed by atoms with Crippen LogP contribution in [0.5, 0.6) is 0 Å². The van der Waals surface area contributed by atoms with Gasteiger partial charge in [0.15, 0.2) is 5.82 Å². The fourth-order valence-corrected chi connectivity index (χ4v) is 13.5. The molecule has 1 unspecified atom stereocenters. The number of piperidine rings is 5. The number of nitriles is 1. The van der Waals surface area contributed by atoms with E-state index >= 15 is 4.79 Å². The summed E-state index contributed by atoms with van der Waals surface area (Å²) in [6.45, 7) is 9.53. The van der Waals surface area contributed by atoms with Crippen molar-refractivity contribution < 1.29 is 24.0 Å². The number of benzene rings is 2. The third kappa shape index (κ3) is 8.53. The van der Waals surface area contributed by atoms with Crippen LogP contribution in [0, 0.1) is 22.7 Å². The highest BCUT2D eigenvalue weighted by molar-refractivity contribution is 6.10. The molecule has 73 heavy (non-hydrogen) atoms. The second kappa shape index (κ2) is 18.9. The molecule has 4 aromatic rings. The molecule has 16 heteroatoms. The number of hydrogen-bond donors (Lipinski definition) is 2. The molecule has 8 aliphatic rings. The average Bonchev–Trinajstić information content (AvgIpc) is 4.07. The number of carbonyl (C=O) groups is 5. The van der Waals surface area contributed by atoms with Crippen molar-refractivity contribution in [1.82, 2.24) is 34.6 Å². The Labute approximate surface area is 427 Å². The molecule has 5 saturated heterocycles. The Morgan fingerprint density at radius 3 is 2.19 bits per heavy atom. The van der Waals surface area contributed by atoms with E-state index in [0.29, 0.717) is 89.6 Å². The highest BCUT2D eigenvalue weighted by Gasteiger charge is 2.57. The summed E-state index contributed by atoms with van der Waals surface area (Å²) in [6, 6.07) is 20.2. The number of aromatic nitrogens is 3. The van der Waals surface area contributed by atoms with Gasteiger partial charge < -0.3 is 34.4 Å².